The lowest BCUT2D eigenvalue weighted by Gasteiger charge is -2.30. The summed E-state index contributed by atoms with van der Waals surface area (Å²) < 4.78 is 0. The molecule has 1 atom stereocenters. The zero-order chi connectivity index (χ0) is 15.0. The van der Waals surface area contributed by atoms with Gasteiger partial charge in [-0.15, -0.1) is 6.42 Å². The molecule has 1 amide bonds. The molecule has 1 aliphatic heterocycles. The maximum atomic E-state index is 12.2. The lowest BCUT2D eigenvalue weighted by atomic mass is 9.94. The Labute approximate surface area is 123 Å². The van der Waals surface area contributed by atoms with Crippen molar-refractivity contribution >= 4 is 5.91 Å². The first-order valence-electron chi connectivity index (χ1n) is 7.76. The van der Waals surface area contributed by atoms with E-state index in [2.05, 4.69) is 21.5 Å². The van der Waals surface area contributed by atoms with Crippen molar-refractivity contribution in [2.45, 2.75) is 57.5 Å². The first kappa shape index (κ1) is 17.0. The summed E-state index contributed by atoms with van der Waals surface area (Å²) in [5.41, 5.74) is -0.483. The molecular formula is C16H29N3O. The summed E-state index contributed by atoms with van der Waals surface area (Å²) in [7, 11) is 2.03. The number of likely N-dealkylation sites (N-methyl/N-ethyl adjacent to an activating group) is 1. The highest BCUT2D eigenvalue weighted by atomic mass is 16.2. The summed E-state index contributed by atoms with van der Waals surface area (Å²) in [5.74, 6) is 2.78. The maximum Gasteiger partial charge on any atom is 0.235 e. The average molecular weight is 279 g/mol. The van der Waals surface area contributed by atoms with Gasteiger partial charge in [-0.1, -0.05) is 19.8 Å². The first-order chi connectivity index (χ1) is 9.56. The summed E-state index contributed by atoms with van der Waals surface area (Å²) >= 11 is 0. The van der Waals surface area contributed by atoms with E-state index in [0.717, 1.165) is 38.8 Å². The highest BCUT2D eigenvalue weighted by molar-refractivity contribution is 5.79. The van der Waals surface area contributed by atoms with Gasteiger partial charge < -0.3 is 10.6 Å². The Kier molecular flexibility index (Phi) is 7.04. The van der Waals surface area contributed by atoms with Crippen molar-refractivity contribution in [3.05, 3.63) is 0 Å². The second-order valence-electron chi connectivity index (χ2n) is 5.73. The fraction of sp³-hybridized carbons (Fsp3) is 0.812. The zero-order valence-electron chi connectivity index (χ0n) is 13.2. The minimum Gasteiger partial charge on any atom is -0.339 e. The molecule has 1 rings (SSSR count). The summed E-state index contributed by atoms with van der Waals surface area (Å²) in [6, 6.07) is 0.485. The van der Waals surface area contributed by atoms with Crippen LogP contribution < -0.4 is 10.6 Å². The number of nitrogens with one attached hydrogen (secondary N) is 2. The normalized spacial score (nSPS) is 20.2. The number of hydrogen-bond acceptors (Lipinski definition) is 3. The topological polar surface area (TPSA) is 44.4 Å². The minimum absolute atomic E-state index is 0.0337. The Morgan fingerprint density at radius 1 is 1.40 bits per heavy atom. The number of rotatable bonds is 6. The lowest BCUT2D eigenvalue weighted by Crippen LogP contribution is -2.50. The van der Waals surface area contributed by atoms with Gasteiger partial charge >= 0.3 is 0 Å². The monoisotopic (exact) mass is 279 g/mol. The van der Waals surface area contributed by atoms with Gasteiger partial charge in [0, 0.05) is 6.04 Å². The Hall–Kier alpha value is -1.05. The molecule has 114 valence electrons. The lowest BCUT2D eigenvalue weighted by molar-refractivity contribution is -0.123. The molecule has 1 aliphatic rings. The molecular weight excluding hydrogens is 250 g/mol. The van der Waals surface area contributed by atoms with Crippen LogP contribution in [0.2, 0.25) is 0 Å². The Morgan fingerprint density at radius 3 is 2.70 bits per heavy atom. The predicted octanol–water partition coefficient (Wildman–Crippen LogP) is 1.37. The van der Waals surface area contributed by atoms with Crippen LogP contribution in [0.4, 0.5) is 0 Å². The molecule has 0 radical (unpaired) electrons. The van der Waals surface area contributed by atoms with Crippen LogP contribution in [-0.4, -0.2) is 49.1 Å². The van der Waals surface area contributed by atoms with Crippen molar-refractivity contribution in [3.63, 3.8) is 0 Å². The van der Waals surface area contributed by atoms with Crippen molar-refractivity contribution in [3.8, 4) is 12.3 Å². The SMILES string of the molecule is C#CC(CC)(CC)NC(=O)CN(C)C1CCCNCC1. The summed E-state index contributed by atoms with van der Waals surface area (Å²) in [5, 5.41) is 6.43. The molecule has 0 spiro atoms. The van der Waals surface area contributed by atoms with Crippen LogP contribution in [0, 0.1) is 12.3 Å². The quantitative estimate of drug-likeness (QED) is 0.722. The van der Waals surface area contributed by atoms with Gasteiger partial charge in [-0.3, -0.25) is 9.69 Å². The fourth-order valence-electron chi connectivity index (χ4n) is 2.77. The number of carbonyl (C=O) groups is 1. The maximum absolute atomic E-state index is 12.2. The van der Waals surface area contributed by atoms with E-state index in [0.29, 0.717) is 12.6 Å². The Balaban J connectivity index is 2.50. The van der Waals surface area contributed by atoms with Gasteiger partial charge in [0.25, 0.3) is 0 Å². The zero-order valence-corrected chi connectivity index (χ0v) is 13.2. The number of terminal acetylenes is 1. The number of nitrogens with zero attached hydrogens (tertiary/aromatic N) is 1. The third-order valence-electron chi connectivity index (χ3n) is 4.42. The second-order valence-corrected chi connectivity index (χ2v) is 5.73. The molecule has 0 saturated carbocycles. The highest BCUT2D eigenvalue weighted by Gasteiger charge is 2.26. The van der Waals surface area contributed by atoms with E-state index in [1.54, 1.807) is 0 Å². The van der Waals surface area contributed by atoms with Gasteiger partial charge in [0.2, 0.25) is 5.91 Å². The summed E-state index contributed by atoms with van der Waals surface area (Å²) in [6.45, 7) is 6.58. The molecule has 1 saturated heterocycles. The number of amides is 1. The molecule has 20 heavy (non-hydrogen) atoms. The third kappa shape index (κ3) is 4.81. The van der Waals surface area contributed by atoms with Crippen molar-refractivity contribution in [2.75, 3.05) is 26.7 Å². The van der Waals surface area contributed by atoms with Gasteiger partial charge in [0.1, 0.15) is 5.54 Å². The largest absolute Gasteiger partial charge is 0.339 e. The van der Waals surface area contributed by atoms with Gasteiger partial charge in [-0.25, -0.2) is 0 Å². The molecule has 1 fully saturated rings. The van der Waals surface area contributed by atoms with E-state index in [-0.39, 0.29) is 5.91 Å². The van der Waals surface area contributed by atoms with E-state index in [4.69, 9.17) is 6.42 Å². The summed E-state index contributed by atoms with van der Waals surface area (Å²) in [6.07, 6.45) is 10.5. The van der Waals surface area contributed by atoms with Crippen LogP contribution in [0.5, 0.6) is 0 Å². The molecule has 1 unspecified atom stereocenters. The highest BCUT2D eigenvalue weighted by Crippen LogP contribution is 2.15. The van der Waals surface area contributed by atoms with Crippen LogP contribution in [0.1, 0.15) is 46.0 Å². The van der Waals surface area contributed by atoms with Crippen molar-refractivity contribution in [1.82, 2.24) is 15.5 Å². The van der Waals surface area contributed by atoms with Crippen LogP contribution in [0.25, 0.3) is 0 Å². The standard InChI is InChI=1S/C16H29N3O/c1-5-16(6-2,7-3)18-15(20)13-19(4)14-9-8-11-17-12-10-14/h1,14,17H,6-13H2,2-4H3,(H,18,20). The molecule has 0 aromatic rings. The van der Waals surface area contributed by atoms with Gasteiger partial charge in [-0.05, 0) is 52.2 Å². The smallest absolute Gasteiger partial charge is 0.235 e. The Morgan fingerprint density at radius 2 is 2.10 bits per heavy atom. The van der Waals surface area contributed by atoms with Gasteiger partial charge in [0.15, 0.2) is 0 Å². The summed E-state index contributed by atoms with van der Waals surface area (Å²) in [4.78, 5) is 14.4. The average Bonchev–Trinajstić information content (AvgIpc) is 2.74. The predicted molar refractivity (Wildman–Crippen MR) is 83.4 cm³/mol. The van der Waals surface area contributed by atoms with Crippen LogP contribution >= 0.6 is 0 Å². The molecule has 0 bridgehead atoms. The van der Waals surface area contributed by atoms with Crippen LogP contribution in [0.3, 0.4) is 0 Å². The second kappa shape index (κ2) is 8.28. The van der Waals surface area contributed by atoms with Crippen molar-refractivity contribution < 1.29 is 4.79 Å². The van der Waals surface area contributed by atoms with E-state index < -0.39 is 5.54 Å². The minimum atomic E-state index is -0.483. The van der Waals surface area contributed by atoms with Gasteiger partial charge in [-0.2, -0.15) is 0 Å². The first-order valence-corrected chi connectivity index (χ1v) is 7.76. The molecule has 2 N–H and O–H groups in total. The third-order valence-corrected chi connectivity index (χ3v) is 4.42. The molecule has 0 aromatic heterocycles. The molecule has 4 heteroatoms. The molecule has 1 heterocycles. The number of hydrogen-bond donors (Lipinski definition) is 2. The van der Waals surface area contributed by atoms with E-state index in [9.17, 15) is 4.79 Å². The van der Waals surface area contributed by atoms with Crippen LogP contribution in [-0.2, 0) is 4.79 Å². The Bertz CT molecular complexity index is 336. The molecule has 0 aliphatic carbocycles. The van der Waals surface area contributed by atoms with Gasteiger partial charge in [0.05, 0.1) is 6.54 Å². The van der Waals surface area contributed by atoms with E-state index in [1.165, 1.54) is 6.42 Å². The van der Waals surface area contributed by atoms with E-state index in [1.807, 2.05) is 20.9 Å². The number of carbonyl (C=O) groups excluding carboxylic acids is 1. The van der Waals surface area contributed by atoms with Crippen molar-refractivity contribution in [2.24, 2.45) is 0 Å². The van der Waals surface area contributed by atoms with Crippen LogP contribution in [0.15, 0.2) is 0 Å². The molecule has 0 aromatic carbocycles. The molecule has 4 nitrogen and oxygen atoms in total. The van der Waals surface area contributed by atoms with Crippen molar-refractivity contribution in [1.29, 1.82) is 0 Å². The van der Waals surface area contributed by atoms with E-state index >= 15 is 0 Å². The fourth-order valence-corrected chi connectivity index (χ4v) is 2.77.